The second kappa shape index (κ2) is 5.21. The number of nitrogens with one attached hydrogen (secondary N) is 1. The molecule has 2 heterocycles. The molecule has 0 aliphatic heterocycles. The lowest BCUT2D eigenvalue weighted by molar-refractivity contribution is 0.0955. The molecule has 0 spiro atoms. The maximum absolute atomic E-state index is 12.3. The van der Waals surface area contributed by atoms with Gasteiger partial charge in [0, 0.05) is 22.2 Å². The van der Waals surface area contributed by atoms with Crippen molar-refractivity contribution in [1.82, 2.24) is 10.5 Å². The summed E-state index contributed by atoms with van der Waals surface area (Å²) in [6, 6.07) is 7.73. The van der Waals surface area contributed by atoms with Gasteiger partial charge >= 0.3 is 0 Å². The summed E-state index contributed by atoms with van der Waals surface area (Å²) in [4.78, 5) is 12.9. The van der Waals surface area contributed by atoms with E-state index in [-0.39, 0.29) is 5.91 Å². The van der Waals surface area contributed by atoms with Gasteiger partial charge in [0.2, 0.25) is 0 Å². The van der Waals surface area contributed by atoms with Crippen molar-refractivity contribution in [3.63, 3.8) is 0 Å². The number of carbonyl (C=O) groups excluding carboxylic acids is 1. The smallest absolute Gasteiger partial charge is 0.263 e. The third-order valence-electron chi connectivity index (χ3n) is 3.45. The molecule has 0 atom stereocenters. The Morgan fingerprint density at radius 3 is 2.81 bits per heavy atom. The van der Waals surface area contributed by atoms with Gasteiger partial charge in [-0.05, 0) is 19.9 Å². The van der Waals surface area contributed by atoms with Crippen LogP contribution in [0, 0.1) is 13.8 Å². The van der Waals surface area contributed by atoms with Gasteiger partial charge in [0.15, 0.2) is 0 Å². The lowest BCUT2D eigenvalue weighted by atomic mass is 10.2. The lowest BCUT2D eigenvalue weighted by Gasteiger charge is -2.04. The molecule has 0 fully saturated rings. The first kappa shape index (κ1) is 13.6. The van der Waals surface area contributed by atoms with Gasteiger partial charge < -0.3 is 15.6 Å². The van der Waals surface area contributed by atoms with Gasteiger partial charge in [-0.25, -0.2) is 0 Å². The van der Waals surface area contributed by atoms with E-state index in [0.29, 0.717) is 17.1 Å². The summed E-state index contributed by atoms with van der Waals surface area (Å²) >= 11 is 1.40. The van der Waals surface area contributed by atoms with Crippen LogP contribution in [0.4, 0.5) is 5.69 Å². The van der Waals surface area contributed by atoms with Gasteiger partial charge in [-0.1, -0.05) is 23.4 Å². The SMILES string of the molecule is Cc1noc(C)c1CNC(=O)c1sc2ccccc2c1N. The summed E-state index contributed by atoms with van der Waals surface area (Å²) in [6.45, 7) is 4.06. The second-order valence-electron chi connectivity index (χ2n) is 4.83. The van der Waals surface area contributed by atoms with Crippen LogP contribution < -0.4 is 11.1 Å². The van der Waals surface area contributed by atoms with E-state index in [1.54, 1.807) is 0 Å². The Bertz CT molecular complexity index is 800. The fourth-order valence-electron chi connectivity index (χ4n) is 2.24. The van der Waals surface area contributed by atoms with Crippen molar-refractivity contribution in [3.8, 4) is 0 Å². The molecule has 108 valence electrons. The third-order valence-corrected chi connectivity index (χ3v) is 4.63. The van der Waals surface area contributed by atoms with Crippen molar-refractivity contribution in [2.75, 3.05) is 5.73 Å². The number of carbonyl (C=O) groups is 1. The molecule has 21 heavy (non-hydrogen) atoms. The monoisotopic (exact) mass is 301 g/mol. The van der Waals surface area contributed by atoms with E-state index < -0.39 is 0 Å². The molecule has 0 aliphatic carbocycles. The number of anilines is 1. The highest BCUT2D eigenvalue weighted by atomic mass is 32.1. The average Bonchev–Trinajstić information content (AvgIpc) is 2.98. The van der Waals surface area contributed by atoms with Crippen LogP contribution in [0.15, 0.2) is 28.8 Å². The number of nitrogens with zero attached hydrogens (tertiary/aromatic N) is 1. The predicted molar refractivity (Wildman–Crippen MR) is 83.4 cm³/mol. The van der Waals surface area contributed by atoms with Gasteiger partial charge in [-0.2, -0.15) is 0 Å². The van der Waals surface area contributed by atoms with Crippen LogP contribution in [0.25, 0.3) is 10.1 Å². The summed E-state index contributed by atoms with van der Waals surface area (Å²) in [7, 11) is 0. The Morgan fingerprint density at radius 1 is 1.38 bits per heavy atom. The van der Waals surface area contributed by atoms with Crippen molar-refractivity contribution < 1.29 is 9.32 Å². The van der Waals surface area contributed by atoms with Gasteiger partial charge in [0.1, 0.15) is 10.6 Å². The Labute approximate surface area is 125 Å². The van der Waals surface area contributed by atoms with E-state index in [2.05, 4.69) is 10.5 Å². The third kappa shape index (κ3) is 2.38. The van der Waals surface area contributed by atoms with E-state index in [0.717, 1.165) is 27.1 Å². The number of aryl methyl sites for hydroxylation is 2. The van der Waals surface area contributed by atoms with Gasteiger partial charge in [-0.3, -0.25) is 4.79 Å². The fourth-order valence-corrected chi connectivity index (χ4v) is 3.28. The number of hydrogen-bond donors (Lipinski definition) is 2. The Morgan fingerprint density at radius 2 is 2.14 bits per heavy atom. The fraction of sp³-hybridized carbons (Fsp3) is 0.200. The van der Waals surface area contributed by atoms with Gasteiger partial charge in [0.05, 0.1) is 11.4 Å². The molecule has 0 bridgehead atoms. The van der Waals surface area contributed by atoms with Crippen molar-refractivity contribution >= 4 is 33.0 Å². The average molecular weight is 301 g/mol. The number of thiophene rings is 1. The zero-order valence-corrected chi connectivity index (χ0v) is 12.6. The maximum atomic E-state index is 12.3. The molecular weight excluding hydrogens is 286 g/mol. The largest absolute Gasteiger partial charge is 0.397 e. The first-order valence-corrected chi connectivity index (χ1v) is 7.36. The van der Waals surface area contributed by atoms with Crippen molar-refractivity contribution in [3.05, 3.63) is 46.2 Å². The number of aromatic nitrogens is 1. The number of hydrogen-bond acceptors (Lipinski definition) is 5. The Hall–Kier alpha value is -2.34. The number of nitrogen functional groups attached to an aromatic ring is 1. The van der Waals surface area contributed by atoms with Crippen LogP contribution in [0.1, 0.15) is 26.7 Å². The minimum absolute atomic E-state index is 0.173. The first-order valence-electron chi connectivity index (χ1n) is 6.55. The summed E-state index contributed by atoms with van der Waals surface area (Å²) < 4.78 is 6.09. The molecule has 5 nitrogen and oxygen atoms in total. The van der Waals surface area contributed by atoms with Crippen molar-refractivity contribution in [1.29, 1.82) is 0 Å². The molecule has 0 saturated carbocycles. The molecule has 0 aliphatic rings. The van der Waals surface area contributed by atoms with Crippen molar-refractivity contribution in [2.45, 2.75) is 20.4 Å². The molecule has 3 N–H and O–H groups in total. The van der Waals surface area contributed by atoms with Crippen LogP contribution in [-0.2, 0) is 6.54 Å². The molecule has 1 aromatic carbocycles. The standard InChI is InChI=1S/C15H15N3O2S/c1-8-11(9(2)20-18-8)7-17-15(19)14-13(16)10-5-3-4-6-12(10)21-14/h3-6H,7,16H2,1-2H3,(H,17,19). The van der Waals surface area contributed by atoms with Crippen LogP contribution in [0.3, 0.4) is 0 Å². The second-order valence-corrected chi connectivity index (χ2v) is 5.88. The molecule has 2 aromatic heterocycles. The number of fused-ring (bicyclic) bond motifs is 1. The highest BCUT2D eigenvalue weighted by Crippen LogP contribution is 2.33. The Balaban J connectivity index is 1.83. The summed E-state index contributed by atoms with van der Waals surface area (Å²) in [6.07, 6.45) is 0. The zero-order chi connectivity index (χ0) is 15.0. The molecule has 0 saturated heterocycles. The normalized spacial score (nSPS) is 11.0. The van der Waals surface area contributed by atoms with Crippen LogP contribution in [0.2, 0.25) is 0 Å². The molecule has 3 aromatic rings. The molecule has 1 amide bonds. The highest BCUT2D eigenvalue weighted by molar-refractivity contribution is 7.21. The maximum Gasteiger partial charge on any atom is 0.263 e. The zero-order valence-electron chi connectivity index (χ0n) is 11.8. The van der Waals surface area contributed by atoms with Gasteiger partial charge in [0.25, 0.3) is 5.91 Å². The molecule has 0 radical (unpaired) electrons. The van der Waals surface area contributed by atoms with Gasteiger partial charge in [-0.15, -0.1) is 11.3 Å². The minimum atomic E-state index is -0.173. The molecule has 3 rings (SSSR count). The molecule has 0 unspecified atom stereocenters. The topological polar surface area (TPSA) is 81.2 Å². The summed E-state index contributed by atoms with van der Waals surface area (Å²) in [5.74, 6) is 0.547. The number of amides is 1. The van der Waals surface area contributed by atoms with E-state index in [9.17, 15) is 4.79 Å². The first-order chi connectivity index (χ1) is 10.1. The quantitative estimate of drug-likeness (QED) is 0.779. The van der Waals surface area contributed by atoms with E-state index >= 15 is 0 Å². The van der Waals surface area contributed by atoms with Crippen molar-refractivity contribution in [2.24, 2.45) is 0 Å². The van der Waals surface area contributed by atoms with E-state index in [1.807, 2.05) is 38.1 Å². The number of benzene rings is 1. The molecular formula is C15H15N3O2S. The molecule has 6 heteroatoms. The lowest BCUT2D eigenvalue weighted by Crippen LogP contribution is -2.23. The Kier molecular flexibility index (Phi) is 3.39. The summed E-state index contributed by atoms with van der Waals surface area (Å²) in [5.41, 5.74) is 8.30. The number of nitrogens with two attached hydrogens (primary N) is 1. The summed E-state index contributed by atoms with van der Waals surface area (Å²) in [5, 5.41) is 7.67. The highest BCUT2D eigenvalue weighted by Gasteiger charge is 2.17. The minimum Gasteiger partial charge on any atom is -0.397 e. The van der Waals surface area contributed by atoms with Crippen LogP contribution in [0.5, 0.6) is 0 Å². The van der Waals surface area contributed by atoms with Crippen LogP contribution >= 0.6 is 11.3 Å². The van der Waals surface area contributed by atoms with Crippen LogP contribution in [-0.4, -0.2) is 11.1 Å². The predicted octanol–water partition coefficient (Wildman–Crippen LogP) is 3.02. The van der Waals surface area contributed by atoms with E-state index in [1.165, 1.54) is 11.3 Å². The van der Waals surface area contributed by atoms with E-state index in [4.69, 9.17) is 10.3 Å². The number of rotatable bonds is 3.